The quantitative estimate of drug-likeness (QED) is 0.687. The van der Waals surface area contributed by atoms with Crippen LogP contribution in [0.1, 0.15) is 16.8 Å². The van der Waals surface area contributed by atoms with Gasteiger partial charge in [0.05, 0.1) is 7.11 Å². The van der Waals surface area contributed by atoms with Gasteiger partial charge in [0.1, 0.15) is 0 Å². The van der Waals surface area contributed by atoms with Crippen LogP contribution in [0.3, 0.4) is 0 Å². The maximum absolute atomic E-state index is 13.0. The molecule has 2 aromatic carbocycles. The lowest BCUT2D eigenvalue weighted by atomic mass is 10.1. The van der Waals surface area contributed by atoms with Crippen molar-refractivity contribution in [3.63, 3.8) is 0 Å². The van der Waals surface area contributed by atoms with Crippen LogP contribution < -0.4 is 20.5 Å². The number of urea groups is 1. The van der Waals surface area contributed by atoms with Gasteiger partial charge in [-0.1, -0.05) is 17.7 Å². The molecule has 0 aliphatic carbocycles. The first-order chi connectivity index (χ1) is 15.4. The van der Waals surface area contributed by atoms with Crippen molar-refractivity contribution in [3.8, 4) is 11.5 Å². The molecule has 3 rings (SSSR count). The smallest absolute Gasteiger partial charge is 0.321 e. The molecule has 0 radical (unpaired) electrons. The largest absolute Gasteiger partial charge is 0.493 e. The molecule has 1 fully saturated rings. The van der Waals surface area contributed by atoms with Gasteiger partial charge in [-0.2, -0.15) is 0 Å². The van der Waals surface area contributed by atoms with Crippen molar-refractivity contribution in [2.75, 3.05) is 45.2 Å². The molecule has 1 heterocycles. The second kappa shape index (κ2) is 10.7. The molecule has 3 N–H and O–H groups in total. The first kappa shape index (κ1) is 23.2. The van der Waals surface area contributed by atoms with E-state index >= 15 is 0 Å². The van der Waals surface area contributed by atoms with Crippen molar-refractivity contribution < 1.29 is 23.9 Å². The molecule has 32 heavy (non-hydrogen) atoms. The lowest BCUT2D eigenvalue weighted by molar-refractivity contribution is -0.119. The molecule has 0 saturated carbocycles. The van der Waals surface area contributed by atoms with Crippen molar-refractivity contribution in [2.24, 2.45) is 5.73 Å². The number of amides is 4. The molecule has 9 nitrogen and oxygen atoms in total. The monoisotopic (exact) mass is 460 g/mol. The van der Waals surface area contributed by atoms with Crippen LogP contribution in [-0.4, -0.2) is 67.5 Å². The van der Waals surface area contributed by atoms with Crippen LogP contribution in [0.5, 0.6) is 11.5 Å². The molecule has 1 aliphatic heterocycles. The highest BCUT2D eigenvalue weighted by Gasteiger charge is 2.24. The second-order valence-corrected chi connectivity index (χ2v) is 7.63. The third-order valence-corrected chi connectivity index (χ3v) is 5.16. The predicted molar refractivity (Wildman–Crippen MR) is 120 cm³/mol. The highest BCUT2D eigenvalue weighted by atomic mass is 35.5. The van der Waals surface area contributed by atoms with Gasteiger partial charge in [-0.3, -0.25) is 9.59 Å². The third kappa shape index (κ3) is 6.04. The lowest BCUT2D eigenvalue weighted by Crippen LogP contribution is -2.39. The van der Waals surface area contributed by atoms with E-state index in [1.807, 2.05) is 0 Å². The van der Waals surface area contributed by atoms with Gasteiger partial charge in [0.15, 0.2) is 18.1 Å². The standard InChI is InChI=1S/C22H25ClN4O5/c1-31-19-12-15(6-7-18(19)32-14-20(24)28)21(29)26-8-3-9-27(11-10-26)22(30)25-17-5-2-4-16(23)13-17/h2,4-7,12-13H,3,8-11,14H2,1H3,(H2,24,28)(H,25,30). The number of nitrogens with two attached hydrogens (primary N) is 1. The van der Waals surface area contributed by atoms with Gasteiger partial charge >= 0.3 is 6.03 Å². The number of hydrogen-bond acceptors (Lipinski definition) is 5. The number of carbonyl (C=O) groups excluding carboxylic acids is 3. The number of anilines is 1. The summed E-state index contributed by atoms with van der Waals surface area (Å²) < 4.78 is 10.6. The van der Waals surface area contributed by atoms with Gasteiger partial charge in [0.25, 0.3) is 11.8 Å². The van der Waals surface area contributed by atoms with Crippen LogP contribution >= 0.6 is 11.6 Å². The number of carbonyl (C=O) groups is 3. The maximum atomic E-state index is 13.0. The lowest BCUT2D eigenvalue weighted by Gasteiger charge is -2.23. The first-order valence-corrected chi connectivity index (χ1v) is 10.4. The minimum atomic E-state index is -0.610. The van der Waals surface area contributed by atoms with Gasteiger partial charge in [-0.05, 0) is 42.8 Å². The molecule has 10 heteroatoms. The molecule has 1 saturated heterocycles. The van der Waals surface area contributed by atoms with Crippen LogP contribution in [0.2, 0.25) is 5.02 Å². The van der Waals surface area contributed by atoms with Gasteiger partial charge in [-0.15, -0.1) is 0 Å². The Balaban J connectivity index is 1.62. The first-order valence-electron chi connectivity index (χ1n) is 10.1. The molecule has 2 aromatic rings. The fourth-order valence-electron chi connectivity index (χ4n) is 3.34. The molecule has 1 aliphatic rings. The fourth-order valence-corrected chi connectivity index (χ4v) is 3.53. The van der Waals surface area contributed by atoms with Crippen molar-refractivity contribution in [3.05, 3.63) is 53.1 Å². The number of rotatable bonds is 6. The van der Waals surface area contributed by atoms with Crippen molar-refractivity contribution in [2.45, 2.75) is 6.42 Å². The van der Waals surface area contributed by atoms with Gasteiger partial charge in [0, 0.05) is 42.5 Å². The van der Waals surface area contributed by atoms with Crippen LogP contribution in [0.4, 0.5) is 10.5 Å². The maximum Gasteiger partial charge on any atom is 0.321 e. The predicted octanol–water partition coefficient (Wildman–Crippen LogP) is 2.59. The van der Waals surface area contributed by atoms with E-state index in [-0.39, 0.29) is 18.5 Å². The number of ether oxygens (including phenoxy) is 2. The van der Waals surface area contributed by atoms with Gasteiger partial charge in [-0.25, -0.2) is 4.79 Å². The van der Waals surface area contributed by atoms with E-state index in [1.54, 1.807) is 52.3 Å². The van der Waals surface area contributed by atoms with E-state index in [2.05, 4.69) is 5.32 Å². The number of nitrogens with one attached hydrogen (secondary N) is 1. The van der Waals surface area contributed by atoms with Crippen LogP contribution in [-0.2, 0) is 4.79 Å². The highest BCUT2D eigenvalue weighted by molar-refractivity contribution is 6.30. The average molecular weight is 461 g/mol. The zero-order chi connectivity index (χ0) is 23.1. The van der Waals surface area contributed by atoms with Gasteiger partial charge in [0.2, 0.25) is 0 Å². The minimum Gasteiger partial charge on any atom is -0.493 e. The van der Waals surface area contributed by atoms with E-state index in [0.717, 1.165) is 0 Å². The highest BCUT2D eigenvalue weighted by Crippen LogP contribution is 2.28. The summed E-state index contributed by atoms with van der Waals surface area (Å²) in [7, 11) is 1.45. The Bertz CT molecular complexity index is 1000. The summed E-state index contributed by atoms with van der Waals surface area (Å²) in [6, 6.07) is 11.4. The Kier molecular flexibility index (Phi) is 7.77. The van der Waals surface area contributed by atoms with E-state index in [1.165, 1.54) is 7.11 Å². The summed E-state index contributed by atoms with van der Waals surface area (Å²) in [6.07, 6.45) is 0.644. The molecule has 0 unspecified atom stereocenters. The third-order valence-electron chi connectivity index (χ3n) is 4.93. The number of nitrogens with zero attached hydrogens (tertiary/aromatic N) is 2. The van der Waals surface area contributed by atoms with Crippen molar-refractivity contribution in [1.29, 1.82) is 0 Å². The number of primary amides is 1. The molecule has 4 amide bonds. The Morgan fingerprint density at radius 2 is 1.78 bits per heavy atom. The number of methoxy groups -OCH3 is 1. The molecule has 0 spiro atoms. The zero-order valence-electron chi connectivity index (χ0n) is 17.7. The number of hydrogen-bond donors (Lipinski definition) is 2. The summed E-state index contributed by atoms with van der Waals surface area (Å²) in [5, 5.41) is 3.37. The summed E-state index contributed by atoms with van der Waals surface area (Å²) in [4.78, 5) is 39.9. The van der Waals surface area contributed by atoms with Crippen LogP contribution in [0.25, 0.3) is 0 Å². The molecule has 0 atom stereocenters. The molecular weight excluding hydrogens is 436 g/mol. The van der Waals surface area contributed by atoms with E-state index < -0.39 is 5.91 Å². The normalized spacial score (nSPS) is 13.8. The summed E-state index contributed by atoms with van der Waals surface area (Å²) in [5.41, 5.74) is 6.14. The van der Waals surface area contributed by atoms with Crippen molar-refractivity contribution in [1.82, 2.24) is 9.80 Å². The number of halogens is 1. The molecule has 0 bridgehead atoms. The van der Waals surface area contributed by atoms with Gasteiger partial charge < -0.3 is 30.3 Å². The van der Waals surface area contributed by atoms with E-state index in [4.69, 9.17) is 26.8 Å². The Labute approximate surface area is 191 Å². The molecule has 0 aromatic heterocycles. The van der Waals surface area contributed by atoms with Crippen molar-refractivity contribution >= 4 is 35.1 Å². The van der Waals surface area contributed by atoms with Crippen LogP contribution in [0, 0.1) is 0 Å². The number of benzene rings is 2. The van der Waals surface area contributed by atoms with E-state index in [0.29, 0.717) is 60.4 Å². The fraction of sp³-hybridized carbons (Fsp3) is 0.318. The second-order valence-electron chi connectivity index (χ2n) is 7.19. The Hall–Kier alpha value is -3.46. The summed E-state index contributed by atoms with van der Waals surface area (Å²) in [5.74, 6) is -0.139. The SMILES string of the molecule is COc1cc(C(=O)N2CCCN(C(=O)Nc3cccc(Cl)c3)CC2)ccc1OCC(N)=O. The van der Waals surface area contributed by atoms with E-state index in [9.17, 15) is 14.4 Å². The topological polar surface area (TPSA) is 114 Å². The van der Waals surface area contributed by atoms with Crippen LogP contribution in [0.15, 0.2) is 42.5 Å². The summed E-state index contributed by atoms with van der Waals surface area (Å²) in [6.45, 7) is 1.55. The zero-order valence-corrected chi connectivity index (χ0v) is 18.4. The average Bonchev–Trinajstić information content (AvgIpc) is 3.03. The molecular formula is C22H25ClN4O5. The minimum absolute atomic E-state index is 0.179. The Morgan fingerprint density at radius 1 is 1.03 bits per heavy atom. The Morgan fingerprint density at radius 3 is 2.50 bits per heavy atom. The molecule has 170 valence electrons. The summed E-state index contributed by atoms with van der Waals surface area (Å²) >= 11 is 5.97.